The van der Waals surface area contributed by atoms with Crippen molar-refractivity contribution in [1.82, 2.24) is 0 Å². The third-order valence-corrected chi connectivity index (χ3v) is 4.14. The van der Waals surface area contributed by atoms with Crippen LogP contribution >= 0.6 is 0 Å². The van der Waals surface area contributed by atoms with Crippen LogP contribution in [0.15, 0.2) is 18.2 Å². The van der Waals surface area contributed by atoms with Crippen LogP contribution in [0.3, 0.4) is 0 Å². The molecule has 0 saturated heterocycles. The predicted molar refractivity (Wildman–Crippen MR) is 70.7 cm³/mol. The highest BCUT2D eigenvalue weighted by Gasteiger charge is 2.38. The molecule has 1 aliphatic rings. The van der Waals surface area contributed by atoms with Crippen LogP contribution in [0, 0.1) is 0 Å². The molecule has 0 amide bonds. The number of methoxy groups -OCH3 is 2. The summed E-state index contributed by atoms with van der Waals surface area (Å²) in [4.78, 5) is 11.7. The Kier molecular flexibility index (Phi) is 4.18. The van der Waals surface area contributed by atoms with E-state index in [0.717, 1.165) is 0 Å². The van der Waals surface area contributed by atoms with Gasteiger partial charge in [-0.1, -0.05) is 6.07 Å². The average Bonchev–Trinajstić information content (AvgIpc) is 2.47. The van der Waals surface area contributed by atoms with Gasteiger partial charge in [-0.05, 0) is 43.4 Å². The number of aliphatic hydroxyl groups excluding tert-OH is 1. The highest BCUT2D eigenvalue weighted by Crippen LogP contribution is 2.42. The quantitative estimate of drug-likeness (QED) is 0.874. The molecule has 1 fully saturated rings. The van der Waals surface area contributed by atoms with Gasteiger partial charge in [0.05, 0.1) is 26.3 Å². The van der Waals surface area contributed by atoms with Crippen LogP contribution in [-0.4, -0.2) is 31.4 Å². The van der Waals surface area contributed by atoms with Crippen molar-refractivity contribution in [1.29, 1.82) is 0 Å². The molecule has 1 saturated carbocycles. The Morgan fingerprint density at radius 2 is 1.85 bits per heavy atom. The van der Waals surface area contributed by atoms with Gasteiger partial charge in [0.25, 0.3) is 0 Å². The molecule has 0 atom stereocenters. The molecule has 0 aromatic heterocycles. The maximum Gasteiger partial charge on any atom is 0.161 e. The predicted octanol–water partition coefficient (Wildman–Crippen LogP) is 0.626. The second-order valence-electron chi connectivity index (χ2n) is 5.17. The van der Waals surface area contributed by atoms with E-state index in [1.165, 1.54) is 14.2 Å². The Morgan fingerprint density at radius 1 is 1.25 bits per heavy atom. The molecular formula is C15H19O5-. The van der Waals surface area contributed by atoms with Crippen molar-refractivity contribution in [2.75, 3.05) is 14.2 Å². The summed E-state index contributed by atoms with van der Waals surface area (Å²) in [6.45, 7) is 0. The Balaban J connectivity index is 2.42. The zero-order valence-electron chi connectivity index (χ0n) is 11.7. The monoisotopic (exact) mass is 279 g/mol. The van der Waals surface area contributed by atoms with E-state index in [1.54, 1.807) is 18.2 Å². The molecule has 1 aromatic rings. The molecule has 1 aromatic carbocycles. The van der Waals surface area contributed by atoms with Crippen molar-refractivity contribution in [2.45, 2.75) is 37.2 Å². The fourth-order valence-corrected chi connectivity index (χ4v) is 2.84. The van der Waals surface area contributed by atoms with E-state index in [9.17, 15) is 15.0 Å². The van der Waals surface area contributed by atoms with Crippen LogP contribution in [0.4, 0.5) is 0 Å². The van der Waals surface area contributed by atoms with Crippen LogP contribution in [0.5, 0.6) is 11.5 Å². The summed E-state index contributed by atoms with van der Waals surface area (Å²) in [7, 11) is 3.04. The first-order valence-corrected chi connectivity index (χ1v) is 6.65. The maximum absolute atomic E-state index is 11.7. The molecule has 1 aliphatic carbocycles. The lowest BCUT2D eigenvalue weighted by molar-refractivity contribution is -0.315. The first kappa shape index (κ1) is 14.7. The lowest BCUT2D eigenvalue weighted by atomic mass is 9.68. The highest BCUT2D eigenvalue weighted by atomic mass is 16.5. The molecule has 0 bridgehead atoms. The highest BCUT2D eigenvalue weighted by molar-refractivity contribution is 5.80. The van der Waals surface area contributed by atoms with Crippen LogP contribution in [-0.2, 0) is 10.2 Å². The van der Waals surface area contributed by atoms with Crippen molar-refractivity contribution >= 4 is 5.97 Å². The molecular weight excluding hydrogens is 260 g/mol. The lowest BCUT2D eigenvalue weighted by Gasteiger charge is -2.40. The second kappa shape index (κ2) is 5.71. The molecule has 110 valence electrons. The number of rotatable bonds is 4. The summed E-state index contributed by atoms with van der Waals surface area (Å²) in [6.07, 6.45) is 1.23. The number of hydrogen-bond donors (Lipinski definition) is 1. The number of aliphatic hydroxyl groups is 1. The molecule has 1 N–H and O–H groups in total. The Morgan fingerprint density at radius 3 is 2.35 bits per heavy atom. The molecule has 0 unspecified atom stereocenters. The topological polar surface area (TPSA) is 78.8 Å². The van der Waals surface area contributed by atoms with E-state index in [4.69, 9.17) is 9.47 Å². The molecule has 5 heteroatoms. The average molecular weight is 279 g/mol. The number of ether oxygens (including phenoxy) is 2. The summed E-state index contributed by atoms with van der Waals surface area (Å²) < 4.78 is 10.4. The number of carboxylic acids is 1. The van der Waals surface area contributed by atoms with Gasteiger partial charge in [0.1, 0.15) is 0 Å². The van der Waals surface area contributed by atoms with E-state index in [0.29, 0.717) is 42.7 Å². The summed E-state index contributed by atoms with van der Waals surface area (Å²) >= 11 is 0. The molecule has 0 heterocycles. The minimum Gasteiger partial charge on any atom is -0.549 e. The van der Waals surface area contributed by atoms with Crippen molar-refractivity contribution in [3.8, 4) is 11.5 Å². The Labute approximate surface area is 118 Å². The summed E-state index contributed by atoms with van der Waals surface area (Å²) in [5.74, 6) is -0.0473. The number of carboxylic acid groups (broad SMARTS) is 1. The van der Waals surface area contributed by atoms with Crippen molar-refractivity contribution in [3.05, 3.63) is 23.8 Å². The van der Waals surface area contributed by atoms with E-state index < -0.39 is 17.5 Å². The van der Waals surface area contributed by atoms with Gasteiger partial charge in [-0.3, -0.25) is 0 Å². The van der Waals surface area contributed by atoms with Gasteiger partial charge in [0.2, 0.25) is 0 Å². The molecule has 5 nitrogen and oxygen atoms in total. The Bertz CT molecular complexity index is 489. The smallest absolute Gasteiger partial charge is 0.161 e. The van der Waals surface area contributed by atoms with E-state index >= 15 is 0 Å². The van der Waals surface area contributed by atoms with Gasteiger partial charge in [0.15, 0.2) is 11.5 Å². The van der Waals surface area contributed by atoms with Crippen molar-refractivity contribution in [2.24, 2.45) is 0 Å². The van der Waals surface area contributed by atoms with E-state index in [2.05, 4.69) is 0 Å². The van der Waals surface area contributed by atoms with E-state index in [-0.39, 0.29) is 0 Å². The standard InChI is InChI=1S/C15H20O5/c1-19-12-4-3-10(9-13(12)20-2)15(14(17)18)7-5-11(16)6-8-15/h3-4,9,11,16H,5-8H2,1-2H3,(H,17,18)/p-1. The zero-order chi connectivity index (χ0) is 14.8. The minimum atomic E-state index is -1.10. The number of hydrogen-bond acceptors (Lipinski definition) is 5. The number of carbonyl (C=O) groups excluding carboxylic acids is 1. The lowest BCUT2D eigenvalue weighted by Crippen LogP contribution is -2.48. The number of aliphatic carboxylic acids is 1. The van der Waals surface area contributed by atoms with Gasteiger partial charge in [0, 0.05) is 5.41 Å². The number of benzene rings is 1. The van der Waals surface area contributed by atoms with Crippen LogP contribution in [0.25, 0.3) is 0 Å². The summed E-state index contributed by atoms with van der Waals surface area (Å²) in [5, 5.41) is 21.3. The molecule has 20 heavy (non-hydrogen) atoms. The molecule has 2 rings (SSSR count). The second-order valence-corrected chi connectivity index (χ2v) is 5.17. The van der Waals surface area contributed by atoms with Gasteiger partial charge >= 0.3 is 0 Å². The maximum atomic E-state index is 11.7. The minimum absolute atomic E-state index is 0.367. The van der Waals surface area contributed by atoms with Crippen LogP contribution in [0.2, 0.25) is 0 Å². The van der Waals surface area contributed by atoms with Crippen LogP contribution in [0.1, 0.15) is 31.2 Å². The third kappa shape index (κ3) is 2.45. The first-order valence-electron chi connectivity index (χ1n) is 6.65. The number of carbonyl (C=O) groups is 1. The van der Waals surface area contributed by atoms with Crippen molar-refractivity contribution in [3.63, 3.8) is 0 Å². The molecule has 0 aliphatic heterocycles. The van der Waals surface area contributed by atoms with Gasteiger partial charge in [-0.25, -0.2) is 0 Å². The molecule has 0 spiro atoms. The third-order valence-electron chi connectivity index (χ3n) is 4.14. The fraction of sp³-hybridized carbons (Fsp3) is 0.533. The molecule has 0 radical (unpaired) electrons. The van der Waals surface area contributed by atoms with Crippen molar-refractivity contribution < 1.29 is 24.5 Å². The van der Waals surface area contributed by atoms with E-state index in [1.807, 2.05) is 0 Å². The van der Waals surface area contributed by atoms with Gasteiger partial charge < -0.3 is 24.5 Å². The SMILES string of the molecule is COc1ccc(C2(C(=O)[O-])CCC(O)CC2)cc1OC. The zero-order valence-corrected chi connectivity index (χ0v) is 11.7. The van der Waals surface area contributed by atoms with Crippen LogP contribution < -0.4 is 14.6 Å². The fourth-order valence-electron chi connectivity index (χ4n) is 2.84. The van der Waals surface area contributed by atoms with Gasteiger partial charge in [-0.2, -0.15) is 0 Å². The van der Waals surface area contributed by atoms with Gasteiger partial charge in [-0.15, -0.1) is 0 Å². The Hall–Kier alpha value is -1.75. The first-order chi connectivity index (χ1) is 9.53. The normalized spacial score (nSPS) is 26.1. The largest absolute Gasteiger partial charge is 0.549 e. The summed E-state index contributed by atoms with van der Waals surface area (Å²) in [5.41, 5.74) is -0.416. The summed E-state index contributed by atoms with van der Waals surface area (Å²) in [6, 6.07) is 5.12.